The molecule has 1 spiro atoms. The fraction of sp³-hybridized carbons (Fsp3) is 0.355. The molecule has 4 N–H and O–H groups in total. The van der Waals surface area contributed by atoms with Gasteiger partial charge in [-0.25, -0.2) is 19.2 Å². The maximum Gasteiger partial charge on any atom is 0.490 e. The largest absolute Gasteiger partial charge is 0.490 e. The average molecular weight is 847 g/mol. The number of nitrogens with zero attached hydrogens (tertiary/aromatic N) is 4. The number of aliphatic carboxylic acids is 4. The molecule has 5 rings (SSSR count). The van der Waals surface area contributed by atoms with Crippen molar-refractivity contribution in [2.45, 2.75) is 49.6 Å². The Hall–Kier alpha value is -5.39. The lowest BCUT2D eigenvalue weighted by Gasteiger charge is -2.26. The Morgan fingerprint density at radius 1 is 0.661 bits per heavy atom. The summed E-state index contributed by atoms with van der Waals surface area (Å²) in [6.45, 7) is 4.95. The molecule has 1 unspecified atom stereocenters. The van der Waals surface area contributed by atoms with Crippen LogP contribution in [0.4, 0.5) is 58.4 Å². The number of hydrogen-bond acceptors (Lipinski definition) is 8. The molecule has 1 saturated heterocycles. The van der Waals surface area contributed by atoms with E-state index in [1.807, 2.05) is 42.9 Å². The molecule has 1 aromatic carbocycles. The first-order chi connectivity index (χ1) is 25.5. The molecule has 2 aliphatic rings. The van der Waals surface area contributed by atoms with E-state index in [-0.39, 0.29) is 5.41 Å². The summed E-state index contributed by atoms with van der Waals surface area (Å²) in [6.07, 6.45) is -13.5. The van der Waals surface area contributed by atoms with E-state index in [0.29, 0.717) is 0 Å². The molecule has 56 heavy (non-hydrogen) atoms. The van der Waals surface area contributed by atoms with Crippen molar-refractivity contribution in [3.05, 3.63) is 89.0 Å². The normalized spacial score (nSPS) is 16.3. The standard InChI is InChI=1S/C23H23ClN4.4C2HF3O2/c24-20-6-1-4-18(12-20)14-27-11-8-23(16-27)17-28(15-19-5-2-9-25-13-19)21-7-3-10-26-22(21)23;4*3-2(4,5)1(6)7/h1-7,9-10,12-13H,8,11,14-17H2;4*(H,6,7). The summed E-state index contributed by atoms with van der Waals surface area (Å²) in [5.74, 6) is -11.0. The van der Waals surface area contributed by atoms with Crippen LogP contribution in [-0.4, -0.2) is 104 Å². The summed E-state index contributed by atoms with van der Waals surface area (Å²) in [6, 6.07) is 16.6. The van der Waals surface area contributed by atoms with Crippen LogP contribution < -0.4 is 4.90 Å². The van der Waals surface area contributed by atoms with Gasteiger partial charge in [-0.05, 0) is 54.4 Å². The molecule has 0 radical (unpaired) electrons. The van der Waals surface area contributed by atoms with Crippen LogP contribution in [0.1, 0.15) is 23.2 Å². The van der Waals surface area contributed by atoms with Gasteiger partial charge in [-0.3, -0.25) is 14.9 Å². The van der Waals surface area contributed by atoms with Gasteiger partial charge in [0.05, 0.1) is 11.4 Å². The summed E-state index contributed by atoms with van der Waals surface area (Å²) in [5, 5.41) is 29.3. The molecule has 12 nitrogen and oxygen atoms in total. The molecule has 0 bridgehead atoms. The zero-order chi connectivity index (χ0) is 43.3. The summed E-state index contributed by atoms with van der Waals surface area (Å²) < 4.78 is 127. The molecule has 1 fully saturated rings. The summed E-state index contributed by atoms with van der Waals surface area (Å²) in [4.78, 5) is 49.7. The Bertz CT molecular complexity index is 1680. The van der Waals surface area contributed by atoms with Crippen molar-refractivity contribution < 1.29 is 92.3 Å². The van der Waals surface area contributed by atoms with Crippen LogP contribution in [0.3, 0.4) is 0 Å². The highest BCUT2D eigenvalue weighted by Gasteiger charge is 2.48. The Kier molecular flexibility index (Phi) is 17.3. The first-order valence-electron chi connectivity index (χ1n) is 14.8. The van der Waals surface area contributed by atoms with Crippen LogP contribution in [0.25, 0.3) is 0 Å². The second-order valence-electron chi connectivity index (χ2n) is 11.2. The van der Waals surface area contributed by atoms with E-state index in [0.717, 1.165) is 44.2 Å². The van der Waals surface area contributed by atoms with Crippen molar-refractivity contribution in [3.63, 3.8) is 0 Å². The quantitative estimate of drug-likeness (QED) is 0.202. The maximum absolute atomic E-state index is 10.6. The molecule has 3 aromatic rings. The van der Waals surface area contributed by atoms with E-state index in [1.54, 1.807) is 0 Å². The Labute approximate surface area is 311 Å². The number of pyridine rings is 2. The van der Waals surface area contributed by atoms with Gasteiger partial charge in [0.1, 0.15) is 0 Å². The van der Waals surface area contributed by atoms with Crippen molar-refractivity contribution in [1.29, 1.82) is 0 Å². The lowest BCUT2D eigenvalue weighted by atomic mass is 9.85. The minimum Gasteiger partial charge on any atom is -0.475 e. The van der Waals surface area contributed by atoms with E-state index in [2.05, 4.69) is 39.0 Å². The fourth-order valence-electron chi connectivity index (χ4n) is 4.75. The highest BCUT2D eigenvalue weighted by molar-refractivity contribution is 6.30. The van der Waals surface area contributed by atoms with Crippen LogP contribution in [0, 0.1) is 0 Å². The molecule has 0 aliphatic carbocycles. The Balaban J connectivity index is 0.000000457. The number of likely N-dealkylation sites (tertiary alicyclic amines) is 1. The maximum atomic E-state index is 10.6. The fourth-order valence-corrected chi connectivity index (χ4v) is 4.96. The number of benzene rings is 1. The summed E-state index contributed by atoms with van der Waals surface area (Å²) >= 11 is 6.17. The van der Waals surface area contributed by atoms with Crippen molar-refractivity contribution in [3.8, 4) is 0 Å². The van der Waals surface area contributed by atoms with Gasteiger partial charge < -0.3 is 25.3 Å². The first-order valence-corrected chi connectivity index (χ1v) is 15.1. The molecule has 4 heterocycles. The summed E-state index contributed by atoms with van der Waals surface area (Å²) in [7, 11) is 0. The van der Waals surface area contributed by atoms with E-state index < -0.39 is 48.6 Å². The lowest BCUT2D eigenvalue weighted by molar-refractivity contribution is -0.193. The van der Waals surface area contributed by atoms with Crippen molar-refractivity contribution in [1.82, 2.24) is 14.9 Å². The molecule has 2 aromatic heterocycles. The van der Waals surface area contributed by atoms with Gasteiger partial charge in [-0.2, -0.15) is 52.7 Å². The minimum absolute atomic E-state index is 0.109. The van der Waals surface area contributed by atoms with E-state index in [1.165, 1.54) is 22.5 Å². The van der Waals surface area contributed by atoms with Crippen LogP contribution in [0.15, 0.2) is 67.1 Å². The lowest BCUT2D eigenvalue weighted by Crippen LogP contribution is -2.36. The topological polar surface area (TPSA) is 181 Å². The highest BCUT2D eigenvalue weighted by Crippen LogP contribution is 2.45. The van der Waals surface area contributed by atoms with Crippen LogP contribution in [0.2, 0.25) is 5.02 Å². The SMILES string of the molecule is Clc1cccc(CN2CCC3(C2)CN(Cc2cccnc2)c2cccnc23)c1.O=C(O)C(F)(F)F.O=C(O)C(F)(F)F.O=C(O)C(F)(F)F.O=C(O)C(F)(F)F. The summed E-state index contributed by atoms with van der Waals surface area (Å²) in [5.41, 5.74) is 5.15. The number of halogens is 13. The van der Waals surface area contributed by atoms with Gasteiger partial charge in [0, 0.05) is 55.2 Å². The molecule has 25 heteroatoms. The van der Waals surface area contributed by atoms with Crippen LogP contribution >= 0.6 is 11.6 Å². The molecule has 2 aliphatic heterocycles. The van der Waals surface area contributed by atoms with Gasteiger partial charge in [-0.1, -0.05) is 29.8 Å². The van der Waals surface area contributed by atoms with Crippen LogP contribution in [-0.2, 0) is 37.7 Å². The molecule has 0 saturated carbocycles. The first kappa shape index (κ1) is 48.6. The number of alkyl halides is 12. The van der Waals surface area contributed by atoms with E-state index in [4.69, 9.17) is 56.2 Å². The third kappa shape index (κ3) is 16.5. The number of carboxylic acid groups (broad SMARTS) is 4. The number of carboxylic acids is 4. The second kappa shape index (κ2) is 20.0. The molecule has 0 amide bonds. The highest BCUT2D eigenvalue weighted by atomic mass is 35.5. The van der Waals surface area contributed by atoms with Crippen molar-refractivity contribution >= 4 is 41.2 Å². The van der Waals surface area contributed by atoms with E-state index >= 15 is 0 Å². The predicted octanol–water partition coefficient (Wildman–Crippen LogP) is 6.83. The van der Waals surface area contributed by atoms with Crippen LogP contribution in [0.5, 0.6) is 0 Å². The third-order valence-electron chi connectivity index (χ3n) is 6.92. The zero-order valence-corrected chi connectivity index (χ0v) is 28.5. The third-order valence-corrected chi connectivity index (χ3v) is 7.15. The monoisotopic (exact) mass is 846 g/mol. The van der Waals surface area contributed by atoms with Gasteiger partial charge in [0.25, 0.3) is 0 Å². The second-order valence-corrected chi connectivity index (χ2v) is 11.6. The average Bonchev–Trinajstić information content (AvgIpc) is 3.60. The zero-order valence-electron chi connectivity index (χ0n) is 27.7. The van der Waals surface area contributed by atoms with Gasteiger partial charge >= 0.3 is 48.6 Å². The molecular formula is C31H27ClF12N4O8. The van der Waals surface area contributed by atoms with Gasteiger partial charge in [0.2, 0.25) is 0 Å². The predicted molar refractivity (Wildman–Crippen MR) is 167 cm³/mol. The number of hydrogen-bond donors (Lipinski definition) is 4. The minimum atomic E-state index is -5.08. The number of aromatic nitrogens is 2. The number of rotatable bonds is 4. The molecular weight excluding hydrogens is 820 g/mol. The Morgan fingerprint density at radius 3 is 1.55 bits per heavy atom. The number of fused-ring (bicyclic) bond motifs is 2. The van der Waals surface area contributed by atoms with E-state index in [9.17, 15) is 52.7 Å². The van der Waals surface area contributed by atoms with Crippen molar-refractivity contribution in [2.24, 2.45) is 0 Å². The number of anilines is 1. The Morgan fingerprint density at radius 2 is 1.12 bits per heavy atom. The van der Waals surface area contributed by atoms with Crippen molar-refractivity contribution in [2.75, 3.05) is 24.5 Å². The molecule has 310 valence electrons. The molecule has 1 atom stereocenters. The number of carbonyl (C=O) groups is 4. The van der Waals surface area contributed by atoms with Gasteiger partial charge in [0.15, 0.2) is 0 Å². The van der Waals surface area contributed by atoms with Gasteiger partial charge in [-0.15, -0.1) is 0 Å². The smallest absolute Gasteiger partial charge is 0.475 e.